The lowest BCUT2D eigenvalue weighted by molar-refractivity contribution is -0.128. The fraction of sp³-hybridized carbons (Fsp3) is 0.929. The van der Waals surface area contributed by atoms with Gasteiger partial charge in [0.25, 0.3) is 0 Å². The first kappa shape index (κ1) is 13.8. The molecule has 1 atom stereocenters. The molecule has 0 aromatic rings. The van der Waals surface area contributed by atoms with E-state index in [0.717, 1.165) is 57.5 Å². The van der Waals surface area contributed by atoms with Crippen molar-refractivity contribution in [3.05, 3.63) is 0 Å². The maximum absolute atomic E-state index is 12.2. The maximum atomic E-state index is 12.2. The summed E-state index contributed by atoms with van der Waals surface area (Å²) in [5.74, 6) is 0.935. The second-order valence-electron chi connectivity index (χ2n) is 6.15. The molecule has 1 saturated carbocycles. The van der Waals surface area contributed by atoms with E-state index in [1.165, 1.54) is 0 Å². The van der Waals surface area contributed by atoms with Crippen molar-refractivity contribution < 1.29 is 9.90 Å². The second kappa shape index (κ2) is 6.02. The van der Waals surface area contributed by atoms with Crippen LogP contribution in [-0.2, 0) is 4.79 Å². The third-order valence-electron chi connectivity index (χ3n) is 4.59. The Balaban J connectivity index is 1.90. The summed E-state index contributed by atoms with van der Waals surface area (Å²) in [5, 5.41) is 16.1. The molecule has 18 heavy (non-hydrogen) atoms. The molecule has 0 bridgehead atoms. The summed E-state index contributed by atoms with van der Waals surface area (Å²) in [7, 11) is 0. The van der Waals surface area contributed by atoms with Gasteiger partial charge in [0.05, 0.1) is 18.1 Å². The smallest absolute Gasteiger partial charge is 0.224 e. The SMILES string of the molecule is CC1CCC(CO)(NC(=O)C2CCCNC2)CC1. The van der Waals surface area contributed by atoms with Crippen molar-refractivity contribution in [2.24, 2.45) is 11.8 Å². The molecule has 1 amide bonds. The Morgan fingerprint density at radius 1 is 1.39 bits per heavy atom. The van der Waals surface area contributed by atoms with Gasteiger partial charge in [0.1, 0.15) is 0 Å². The number of amides is 1. The highest BCUT2D eigenvalue weighted by atomic mass is 16.3. The molecule has 1 saturated heterocycles. The highest BCUT2D eigenvalue weighted by Crippen LogP contribution is 2.32. The monoisotopic (exact) mass is 254 g/mol. The van der Waals surface area contributed by atoms with E-state index in [4.69, 9.17) is 0 Å². The summed E-state index contributed by atoms with van der Waals surface area (Å²) in [4.78, 5) is 12.2. The number of piperidine rings is 1. The standard InChI is InChI=1S/C14H26N2O2/c1-11-4-6-14(10-17,7-5-11)16-13(18)12-3-2-8-15-9-12/h11-12,15,17H,2-10H2,1H3,(H,16,18). The first-order valence-corrected chi connectivity index (χ1v) is 7.29. The van der Waals surface area contributed by atoms with Gasteiger partial charge in [-0.05, 0) is 51.0 Å². The first-order chi connectivity index (χ1) is 8.65. The molecule has 1 unspecified atom stereocenters. The van der Waals surface area contributed by atoms with Crippen LogP contribution in [0.4, 0.5) is 0 Å². The summed E-state index contributed by atoms with van der Waals surface area (Å²) in [6.45, 7) is 4.12. The Morgan fingerprint density at radius 2 is 2.11 bits per heavy atom. The van der Waals surface area contributed by atoms with Crippen LogP contribution < -0.4 is 10.6 Å². The quantitative estimate of drug-likeness (QED) is 0.705. The van der Waals surface area contributed by atoms with E-state index in [1.54, 1.807) is 0 Å². The number of hydrogen-bond donors (Lipinski definition) is 3. The van der Waals surface area contributed by atoms with Crippen LogP contribution >= 0.6 is 0 Å². The minimum absolute atomic E-state index is 0.0750. The van der Waals surface area contributed by atoms with Crippen LogP contribution in [0.5, 0.6) is 0 Å². The molecule has 0 spiro atoms. The summed E-state index contributed by atoms with van der Waals surface area (Å²) < 4.78 is 0. The lowest BCUT2D eigenvalue weighted by Crippen LogP contribution is -2.56. The molecule has 2 fully saturated rings. The van der Waals surface area contributed by atoms with E-state index in [1.807, 2.05) is 0 Å². The highest BCUT2D eigenvalue weighted by molar-refractivity contribution is 5.79. The minimum Gasteiger partial charge on any atom is -0.394 e. The average molecular weight is 254 g/mol. The van der Waals surface area contributed by atoms with Crippen LogP contribution in [0.15, 0.2) is 0 Å². The Kier molecular flexibility index (Phi) is 4.62. The highest BCUT2D eigenvalue weighted by Gasteiger charge is 2.36. The normalized spacial score (nSPS) is 37.2. The number of rotatable bonds is 3. The Labute approximate surface area is 110 Å². The van der Waals surface area contributed by atoms with E-state index >= 15 is 0 Å². The fourth-order valence-electron chi connectivity index (χ4n) is 3.08. The van der Waals surface area contributed by atoms with Gasteiger partial charge in [-0.3, -0.25) is 4.79 Å². The van der Waals surface area contributed by atoms with Crippen LogP contribution in [0.1, 0.15) is 45.4 Å². The van der Waals surface area contributed by atoms with E-state index in [9.17, 15) is 9.90 Å². The van der Waals surface area contributed by atoms with Crippen molar-refractivity contribution in [3.63, 3.8) is 0 Å². The van der Waals surface area contributed by atoms with Gasteiger partial charge in [-0.1, -0.05) is 6.92 Å². The van der Waals surface area contributed by atoms with Crippen LogP contribution in [0.3, 0.4) is 0 Å². The molecule has 1 heterocycles. The van der Waals surface area contributed by atoms with Gasteiger partial charge in [-0.25, -0.2) is 0 Å². The second-order valence-corrected chi connectivity index (χ2v) is 6.15. The van der Waals surface area contributed by atoms with Crippen molar-refractivity contribution in [1.29, 1.82) is 0 Å². The number of nitrogens with one attached hydrogen (secondary N) is 2. The van der Waals surface area contributed by atoms with Crippen molar-refractivity contribution in [2.45, 2.75) is 51.0 Å². The summed E-state index contributed by atoms with van der Waals surface area (Å²) >= 11 is 0. The number of hydrogen-bond acceptors (Lipinski definition) is 3. The van der Waals surface area contributed by atoms with Gasteiger partial charge < -0.3 is 15.7 Å². The topological polar surface area (TPSA) is 61.4 Å². The molecular weight excluding hydrogens is 228 g/mol. The van der Waals surface area contributed by atoms with Gasteiger partial charge in [-0.2, -0.15) is 0 Å². The lowest BCUT2D eigenvalue weighted by Gasteiger charge is -2.40. The largest absolute Gasteiger partial charge is 0.394 e. The molecule has 0 aromatic carbocycles. The number of aliphatic hydroxyl groups is 1. The predicted octanol–water partition coefficient (Wildman–Crippen LogP) is 1.04. The van der Waals surface area contributed by atoms with Crippen molar-refractivity contribution in [2.75, 3.05) is 19.7 Å². The molecule has 0 radical (unpaired) electrons. The first-order valence-electron chi connectivity index (χ1n) is 7.29. The number of aliphatic hydroxyl groups excluding tert-OH is 1. The molecule has 2 rings (SSSR count). The Morgan fingerprint density at radius 3 is 2.67 bits per heavy atom. The van der Waals surface area contributed by atoms with E-state index < -0.39 is 0 Å². The van der Waals surface area contributed by atoms with E-state index in [2.05, 4.69) is 17.6 Å². The summed E-state index contributed by atoms with van der Waals surface area (Å²) in [5.41, 5.74) is -0.346. The van der Waals surface area contributed by atoms with Gasteiger partial charge in [0, 0.05) is 6.54 Å². The molecule has 2 aliphatic rings. The molecule has 104 valence electrons. The van der Waals surface area contributed by atoms with Crippen molar-refractivity contribution in [1.82, 2.24) is 10.6 Å². The molecule has 1 aliphatic carbocycles. The Hall–Kier alpha value is -0.610. The Bertz CT molecular complexity index is 280. The van der Waals surface area contributed by atoms with Gasteiger partial charge in [-0.15, -0.1) is 0 Å². The molecule has 0 aromatic heterocycles. The maximum Gasteiger partial charge on any atom is 0.224 e. The van der Waals surface area contributed by atoms with Crippen LogP contribution in [0.2, 0.25) is 0 Å². The number of carbonyl (C=O) groups excluding carboxylic acids is 1. The van der Waals surface area contributed by atoms with Gasteiger partial charge in [0.15, 0.2) is 0 Å². The van der Waals surface area contributed by atoms with Crippen molar-refractivity contribution >= 4 is 5.91 Å². The zero-order valence-corrected chi connectivity index (χ0v) is 11.4. The lowest BCUT2D eigenvalue weighted by atomic mass is 9.77. The van der Waals surface area contributed by atoms with Crippen molar-refractivity contribution in [3.8, 4) is 0 Å². The third-order valence-corrected chi connectivity index (χ3v) is 4.59. The summed E-state index contributed by atoms with van der Waals surface area (Å²) in [6, 6.07) is 0. The molecular formula is C14H26N2O2. The van der Waals surface area contributed by atoms with Crippen LogP contribution in [0, 0.1) is 11.8 Å². The van der Waals surface area contributed by atoms with Crippen LogP contribution in [-0.4, -0.2) is 36.2 Å². The zero-order valence-electron chi connectivity index (χ0n) is 11.4. The third kappa shape index (κ3) is 3.23. The summed E-state index contributed by atoms with van der Waals surface area (Å²) in [6.07, 6.45) is 6.07. The predicted molar refractivity (Wildman–Crippen MR) is 71.2 cm³/mol. The zero-order chi connectivity index (χ0) is 13.0. The van der Waals surface area contributed by atoms with Gasteiger partial charge >= 0.3 is 0 Å². The molecule has 4 heteroatoms. The minimum atomic E-state index is -0.346. The molecule has 3 N–H and O–H groups in total. The van der Waals surface area contributed by atoms with E-state index in [-0.39, 0.29) is 24.0 Å². The average Bonchev–Trinajstić information content (AvgIpc) is 2.43. The van der Waals surface area contributed by atoms with E-state index in [0.29, 0.717) is 0 Å². The molecule has 1 aliphatic heterocycles. The number of carbonyl (C=O) groups is 1. The van der Waals surface area contributed by atoms with Crippen LogP contribution in [0.25, 0.3) is 0 Å². The fourth-order valence-corrected chi connectivity index (χ4v) is 3.08. The molecule has 4 nitrogen and oxygen atoms in total. The van der Waals surface area contributed by atoms with Gasteiger partial charge in [0.2, 0.25) is 5.91 Å².